The molecular weight excluding hydrogens is 347 g/mol. The average molecular weight is 369 g/mol. The van der Waals surface area contributed by atoms with Crippen molar-refractivity contribution in [3.8, 4) is 0 Å². The van der Waals surface area contributed by atoms with Crippen molar-refractivity contribution in [1.82, 2.24) is 15.1 Å². The zero-order chi connectivity index (χ0) is 19.2. The molecule has 1 aromatic heterocycles. The van der Waals surface area contributed by atoms with Gasteiger partial charge in [-0.05, 0) is 31.0 Å². The summed E-state index contributed by atoms with van der Waals surface area (Å²) < 4.78 is 42.1. The van der Waals surface area contributed by atoms with Crippen LogP contribution in [0.5, 0.6) is 0 Å². The lowest BCUT2D eigenvalue weighted by Crippen LogP contribution is -2.25. The Labute approximate surface area is 150 Å². The molecule has 0 aliphatic carbocycles. The number of benzene rings is 1. The third kappa shape index (κ3) is 6.87. The summed E-state index contributed by atoms with van der Waals surface area (Å²) in [6.07, 6.45) is -4.48. The van der Waals surface area contributed by atoms with Crippen LogP contribution in [0, 0.1) is 13.8 Å². The number of halogens is 3. The highest BCUT2D eigenvalue weighted by Crippen LogP contribution is 2.14. The highest BCUT2D eigenvalue weighted by Gasteiger charge is 2.27. The second-order valence-electron chi connectivity index (χ2n) is 6.10. The van der Waals surface area contributed by atoms with E-state index in [2.05, 4.69) is 15.2 Å². The molecule has 2 rings (SSSR count). The average Bonchev–Trinajstić information content (AvgIpc) is 2.86. The predicted molar refractivity (Wildman–Crippen MR) is 90.6 cm³/mol. The van der Waals surface area contributed by atoms with E-state index >= 15 is 0 Å². The number of alkyl halides is 3. The molecule has 2 aromatic rings. The normalized spacial score (nSPS) is 11.6. The predicted octanol–water partition coefficient (Wildman–Crippen LogP) is 3.13. The van der Waals surface area contributed by atoms with Gasteiger partial charge in [-0.25, -0.2) is 0 Å². The molecule has 0 radical (unpaired) electrons. The van der Waals surface area contributed by atoms with Crippen molar-refractivity contribution in [2.24, 2.45) is 0 Å². The first-order valence-electron chi connectivity index (χ1n) is 8.23. The van der Waals surface area contributed by atoms with Crippen LogP contribution in [0.2, 0.25) is 0 Å². The fraction of sp³-hybridized carbons (Fsp3) is 0.444. The lowest BCUT2D eigenvalue weighted by Gasteiger charge is -2.10. The van der Waals surface area contributed by atoms with E-state index in [0.717, 1.165) is 22.5 Å². The molecule has 0 unspecified atom stereocenters. The van der Waals surface area contributed by atoms with Gasteiger partial charge in [-0.15, -0.1) is 0 Å². The molecule has 0 fully saturated rings. The number of ether oxygens (including phenoxy) is 1. The van der Waals surface area contributed by atoms with Gasteiger partial charge in [0, 0.05) is 18.7 Å². The summed E-state index contributed by atoms with van der Waals surface area (Å²) in [4.78, 5) is 11.7. The molecule has 1 N–H and O–H groups in total. The van der Waals surface area contributed by atoms with E-state index in [4.69, 9.17) is 0 Å². The molecule has 0 saturated carbocycles. The van der Waals surface area contributed by atoms with E-state index in [1.165, 1.54) is 0 Å². The van der Waals surface area contributed by atoms with Crippen LogP contribution in [0.1, 0.15) is 28.9 Å². The van der Waals surface area contributed by atoms with Crippen molar-refractivity contribution in [3.05, 3.63) is 52.8 Å². The number of amides is 1. The highest BCUT2D eigenvalue weighted by molar-refractivity contribution is 5.75. The van der Waals surface area contributed by atoms with Crippen LogP contribution in [-0.2, 0) is 22.6 Å². The number of rotatable bonds is 8. The first kappa shape index (κ1) is 20.0. The molecule has 5 nitrogen and oxygen atoms in total. The third-order valence-corrected chi connectivity index (χ3v) is 3.66. The van der Waals surface area contributed by atoms with E-state index in [1.807, 2.05) is 48.9 Å². The van der Waals surface area contributed by atoms with Crippen LogP contribution in [-0.4, -0.2) is 35.1 Å². The smallest absolute Gasteiger partial charge is 0.372 e. The summed E-state index contributed by atoms with van der Waals surface area (Å²) in [5.74, 6) is -0.351. The van der Waals surface area contributed by atoms with Crippen LogP contribution in [0.15, 0.2) is 30.3 Å². The van der Waals surface area contributed by atoms with E-state index in [-0.39, 0.29) is 18.9 Å². The zero-order valence-corrected chi connectivity index (χ0v) is 14.8. The molecule has 1 amide bonds. The third-order valence-electron chi connectivity index (χ3n) is 3.66. The van der Waals surface area contributed by atoms with Gasteiger partial charge in [-0.1, -0.05) is 24.3 Å². The first-order chi connectivity index (χ1) is 12.2. The Hall–Kier alpha value is -2.35. The number of carbonyl (C=O) groups excluding carboxylic acids is 1. The molecule has 0 spiro atoms. The van der Waals surface area contributed by atoms with Crippen LogP contribution >= 0.6 is 0 Å². The van der Waals surface area contributed by atoms with Crippen molar-refractivity contribution in [1.29, 1.82) is 0 Å². The van der Waals surface area contributed by atoms with E-state index < -0.39 is 12.8 Å². The van der Waals surface area contributed by atoms with Gasteiger partial charge in [0.15, 0.2) is 0 Å². The molecule has 1 aromatic carbocycles. The monoisotopic (exact) mass is 369 g/mol. The Morgan fingerprint density at radius 3 is 2.62 bits per heavy atom. The van der Waals surface area contributed by atoms with E-state index in [0.29, 0.717) is 13.1 Å². The molecule has 0 saturated heterocycles. The van der Waals surface area contributed by atoms with Crippen molar-refractivity contribution in [2.45, 2.75) is 39.5 Å². The first-order valence-corrected chi connectivity index (χ1v) is 8.23. The summed E-state index contributed by atoms with van der Waals surface area (Å²) in [5.41, 5.74) is 3.99. The van der Waals surface area contributed by atoms with Gasteiger partial charge in [0.25, 0.3) is 0 Å². The van der Waals surface area contributed by atoms with Gasteiger partial charge in [-0.3, -0.25) is 9.48 Å². The van der Waals surface area contributed by atoms with Crippen LogP contribution in [0.25, 0.3) is 0 Å². The summed E-state index contributed by atoms with van der Waals surface area (Å²) in [6, 6.07) is 9.73. The number of carbonyl (C=O) groups is 1. The van der Waals surface area contributed by atoms with Gasteiger partial charge >= 0.3 is 6.18 Å². The van der Waals surface area contributed by atoms with Gasteiger partial charge in [-0.2, -0.15) is 18.3 Å². The Morgan fingerprint density at radius 1 is 1.23 bits per heavy atom. The minimum atomic E-state index is -4.37. The van der Waals surface area contributed by atoms with Gasteiger partial charge < -0.3 is 10.1 Å². The Balaban J connectivity index is 1.79. The number of nitrogens with zero attached hydrogens (tertiary/aromatic N) is 2. The Bertz CT molecular complexity index is 742. The summed E-state index contributed by atoms with van der Waals surface area (Å²) in [6.45, 7) is 3.27. The largest absolute Gasteiger partial charge is 0.411 e. The standard InChI is InChI=1S/C18H22F3N3O2/c1-13-8-14(2)24(23-13)11-16-5-3-4-15(9-16)10-22-17(25)6-7-26-12-18(19,20)21/h3-5,8-9H,6-7,10-12H2,1-2H3,(H,22,25). The summed E-state index contributed by atoms with van der Waals surface area (Å²) in [7, 11) is 0. The van der Waals surface area contributed by atoms with Gasteiger partial charge in [0.05, 0.1) is 18.8 Å². The Kier molecular flexibility index (Phi) is 6.79. The number of hydrogen-bond donors (Lipinski definition) is 1. The molecule has 0 bridgehead atoms. The zero-order valence-electron chi connectivity index (χ0n) is 14.8. The van der Waals surface area contributed by atoms with Crippen molar-refractivity contribution < 1.29 is 22.7 Å². The second-order valence-corrected chi connectivity index (χ2v) is 6.10. The van der Waals surface area contributed by atoms with Gasteiger partial charge in [0.2, 0.25) is 5.91 Å². The molecule has 8 heteroatoms. The maximum Gasteiger partial charge on any atom is 0.411 e. The fourth-order valence-corrected chi connectivity index (χ4v) is 2.49. The van der Waals surface area contributed by atoms with Crippen molar-refractivity contribution in [3.63, 3.8) is 0 Å². The second kappa shape index (κ2) is 8.84. The van der Waals surface area contributed by atoms with Gasteiger partial charge in [0.1, 0.15) is 6.61 Å². The van der Waals surface area contributed by atoms with Crippen LogP contribution in [0.4, 0.5) is 13.2 Å². The molecule has 0 aliphatic rings. The lowest BCUT2D eigenvalue weighted by molar-refractivity contribution is -0.174. The SMILES string of the molecule is Cc1cc(C)n(Cc2cccc(CNC(=O)CCOCC(F)(F)F)c2)n1. The molecule has 0 atom stereocenters. The maximum atomic E-state index is 11.9. The highest BCUT2D eigenvalue weighted by atomic mass is 19.4. The number of hydrogen-bond acceptors (Lipinski definition) is 3. The number of nitrogens with one attached hydrogen (secondary N) is 1. The summed E-state index contributed by atoms with van der Waals surface area (Å²) in [5, 5.41) is 7.10. The molecule has 0 aliphatic heterocycles. The molecule has 142 valence electrons. The molecule has 26 heavy (non-hydrogen) atoms. The molecule has 1 heterocycles. The van der Waals surface area contributed by atoms with E-state index in [9.17, 15) is 18.0 Å². The number of aromatic nitrogens is 2. The Morgan fingerprint density at radius 2 is 1.96 bits per heavy atom. The quantitative estimate of drug-likeness (QED) is 0.728. The minimum Gasteiger partial charge on any atom is -0.372 e. The fourth-order valence-electron chi connectivity index (χ4n) is 2.49. The van der Waals surface area contributed by atoms with Crippen LogP contribution < -0.4 is 5.32 Å². The van der Waals surface area contributed by atoms with Crippen molar-refractivity contribution >= 4 is 5.91 Å². The lowest BCUT2D eigenvalue weighted by atomic mass is 10.1. The van der Waals surface area contributed by atoms with Crippen LogP contribution in [0.3, 0.4) is 0 Å². The van der Waals surface area contributed by atoms with Crippen molar-refractivity contribution in [2.75, 3.05) is 13.2 Å². The topological polar surface area (TPSA) is 56.2 Å². The summed E-state index contributed by atoms with van der Waals surface area (Å²) >= 11 is 0. The maximum absolute atomic E-state index is 11.9. The molecular formula is C18H22F3N3O2. The number of aryl methyl sites for hydroxylation is 2. The minimum absolute atomic E-state index is 0.110. The van der Waals surface area contributed by atoms with E-state index in [1.54, 1.807) is 0 Å².